The van der Waals surface area contributed by atoms with Crippen molar-refractivity contribution in [2.75, 3.05) is 18.5 Å². The highest BCUT2D eigenvalue weighted by Gasteiger charge is 2.07. The van der Waals surface area contributed by atoms with Crippen LogP contribution in [0.3, 0.4) is 0 Å². The Morgan fingerprint density at radius 3 is 2.47 bits per heavy atom. The van der Waals surface area contributed by atoms with Crippen molar-refractivity contribution in [3.63, 3.8) is 0 Å². The minimum absolute atomic E-state index is 0.404. The molecule has 0 radical (unpaired) electrons. The smallest absolute Gasteiger partial charge is 0.0522 e. The first kappa shape index (κ1) is 14.1. The average Bonchev–Trinajstić information content (AvgIpc) is 2.97. The van der Waals surface area contributed by atoms with Crippen LogP contribution in [0.2, 0.25) is 0 Å². The van der Waals surface area contributed by atoms with Gasteiger partial charge in [0.05, 0.1) is 6.54 Å². The van der Waals surface area contributed by atoms with Crippen molar-refractivity contribution in [2.24, 2.45) is 0 Å². The van der Waals surface area contributed by atoms with Crippen LogP contribution in [0.15, 0.2) is 41.8 Å². The lowest BCUT2D eigenvalue weighted by molar-refractivity contribution is 0.652. The third-order valence-corrected chi connectivity index (χ3v) is 4.36. The van der Waals surface area contributed by atoms with Crippen LogP contribution >= 0.6 is 11.3 Å². The van der Waals surface area contributed by atoms with Crippen molar-refractivity contribution >= 4 is 17.0 Å². The summed E-state index contributed by atoms with van der Waals surface area (Å²) in [5.41, 5.74) is 2.63. The van der Waals surface area contributed by atoms with Crippen LogP contribution in [0.25, 0.3) is 0 Å². The summed E-state index contributed by atoms with van der Waals surface area (Å²) in [6, 6.07) is 13.6. The zero-order chi connectivity index (χ0) is 13.7. The summed E-state index contributed by atoms with van der Waals surface area (Å²) >= 11 is 1.82. The van der Waals surface area contributed by atoms with Gasteiger partial charge in [-0.25, -0.2) is 0 Å². The monoisotopic (exact) mass is 274 g/mol. The minimum atomic E-state index is 0.404. The van der Waals surface area contributed by atoms with Crippen molar-refractivity contribution in [3.05, 3.63) is 52.2 Å². The van der Waals surface area contributed by atoms with Crippen LogP contribution in [-0.4, -0.2) is 13.6 Å². The molecule has 1 aromatic heterocycles. The molecule has 0 fully saturated rings. The number of nitrogens with zero attached hydrogens (tertiary/aromatic N) is 1. The van der Waals surface area contributed by atoms with Crippen molar-refractivity contribution in [3.8, 4) is 0 Å². The maximum absolute atomic E-state index is 3.27. The van der Waals surface area contributed by atoms with E-state index in [4.69, 9.17) is 0 Å². The largest absolute Gasteiger partial charge is 0.367 e. The van der Waals surface area contributed by atoms with Crippen LogP contribution in [0.1, 0.15) is 30.3 Å². The molecule has 0 spiro atoms. The molecule has 102 valence electrons. The van der Waals surface area contributed by atoms with Gasteiger partial charge >= 0.3 is 0 Å². The molecule has 0 saturated carbocycles. The summed E-state index contributed by atoms with van der Waals surface area (Å²) in [7, 11) is 1.99. The fraction of sp³-hybridized carbons (Fsp3) is 0.375. The molecule has 2 aromatic rings. The fourth-order valence-electron chi connectivity index (χ4n) is 2.12. The van der Waals surface area contributed by atoms with E-state index >= 15 is 0 Å². The quantitative estimate of drug-likeness (QED) is 0.854. The van der Waals surface area contributed by atoms with Gasteiger partial charge in [0.1, 0.15) is 0 Å². The molecule has 0 bridgehead atoms. The Kier molecular flexibility index (Phi) is 5.00. The molecule has 19 heavy (non-hydrogen) atoms. The van der Waals surface area contributed by atoms with Gasteiger partial charge < -0.3 is 10.2 Å². The molecular weight excluding hydrogens is 252 g/mol. The van der Waals surface area contributed by atoms with Crippen LogP contribution in [0.5, 0.6) is 0 Å². The lowest BCUT2D eigenvalue weighted by Gasteiger charge is -2.23. The Bertz CT molecular complexity index is 476. The minimum Gasteiger partial charge on any atom is -0.367 e. The molecule has 0 aliphatic heterocycles. The summed E-state index contributed by atoms with van der Waals surface area (Å²) in [6.45, 7) is 6.41. The van der Waals surface area contributed by atoms with Crippen molar-refractivity contribution in [2.45, 2.75) is 26.4 Å². The highest BCUT2D eigenvalue weighted by Crippen LogP contribution is 2.22. The first-order valence-electron chi connectivity index (χ1n) is 6.79. The molecule has 1 N–H and O–H groups in total. The SMILES string of the molecule is CCN(Cc1cccs1)c1ccc(C(C)NC)cc1. The maximum Gasteiger partial charge on any atom is 0.0522 e. The zero-order valence-electron chi connectivity index (χ0n) is 11.9. The Balaban J connectivity index is 2.10. The van der Waals surface area contributed by atoms with E-state index in [-0.39, 0.29) is 0 Å². The van der Waals surface area contributed by atoms with Gasteiger partial charge in [0, 0.05) is 23.2 Å². The zero-order valence-corrected chi connectivity index (χ0v) is 12.7. The summed E-state index contributed by atoms with van der Waals surface area (Å²) in [5, 5.41) is 5.41. The van der Waals surface area contributed by atoms with Crippen LogP contribution in [0, 0.1) is 0 Å². The maximum atomic E-state index is 3.27. The van der Waals surface area contributed by atoms with Crippen molar-refractivity contribution < 1.29 is 0 Å². The lowest BCUT2D eigenvalue weighted by atomic mass is 10.1. The highest BCUT2D eigenvalue weighted by molar-refractivity contribution is 7.09. The Labute approximate surface area is 120 Å². The van der Waals surface area contributed by atoms with E-state index in [2.05, 4.69) is 65.8 Å². The second-order valence-electron chi connectivity index (χ2n) is 4.70. The second kappa shape index (κ2) is 6.73. The summed E-state index contributed by atoms with van der Waals surface area (Å²) in [6.07, 6.45) is 0. The molecule has 0 amide bonds. The molecule has 0 aliphatic carbocycles. The van der Waals surface area contributed by atoms with Crippen molar-refractivity contribution in [1.82, 2.24) is 5.32 Å². The molecule has 1 unspecified atom stereocenters. The Morgan fingerprint density at radius 1 is 1.21 bits per heavy atom. The van der Waals surface area contributed by atoms with Gasteiger partial charge in [0.15, 0.2) is 0 Å². The van der Waals surface area contributed by atoms with Gasteiger partial charge in [0.25, 0.3) is 0 Å². The Morgan fingerprint density at radius 2 is 1.95 bits per heavy atom. The molecule has 1 atom stereocenters. The number of rotatable bonds is 6. The van der Waals surface area contributed by atoms with Crippen LogP contribution < -0.4 is 10.2 Å². The molecule has 2 nitrogen and oxygen atoms in total. The normalized spacial score (nSPS) is 12.4. The molecule has 0 aliphatic rings. The first-order chi connectivity index (χ1) is 9.24. The van der Waals surface area contributed by atoms with Gasteiger partial charge in [-0.15, -0.1) is 11.3 Å². The number of hydrogen-bond acceptors (Lipinski definition) is 3. The summed E-state index contributed by atoms with van der Waals surface area (Å²) < 4.78 is 0. The third kappa shape index (κ3) is 3.58. The van der Waals surface area contributed by atoms with E-state index in [1.165, 1.54) is 16.1 Å². The van der Waals surface area contributed by atoms with E-state index in [1.807, 2.05) is 18.4 Å². The van der Waals surface area contributed by atoms with E-state index in [1.54, 1.807) is 0 Å². The van der Waals surface area contributed by atoms with E-state index in [0.717, 1.165) is 13.1 Å². The first-order valence-corrected chi connectivity index (χ1v) is 7.67. The Hall–Kier alpha value is -1.32. The number of anilines is 1. The van der Waals surface area contributed by atoms with Gasteiger partial charge in [-0.2, -0.15) is 0 Å². The van der Waals surface area contributed by atoms with Gasteiger partial charge in [-0.05, 0) is 50.0 Å². The predicted octanol–water partition coefficient (Wildman–Crippen LogP) is 4.06. The number of hydrogen-bond donors (Lipinski definition) is 1. The van der Waals surface area contributed by atoms with Crippen LogP contribution in [0.4, 0.5) is 5.69 Å². The summed E-state index contributed by atoms with van der Waals surface area (Å²) in [4.78, 5) is 3.81. The number of nitrogens with one attached hydrogen (secondary N) is 1. The predicted molar refractivity (Wildman–Crippen MR) is 85.0 cm³/mol. The average molecular weight is 274 g/mol. The second-order valence-corrected chi connectivity index (χ2v) is 5.73. The van der Waals surface area contributed by atoms with E-state index in [9.17, 15) is 0 Å². The van der Waals surface area contributed by atoms with Crippen LogP contribution in [-0.2, 0) is 6.54 Å². The fourth-order valence-corrected chi connectivity index (χ4v) is 2.84. The molecular formula is C16H22N2S. The van der Waals surface area contributed by atoms with Crippen molar-refractivity contribution in [1.29, 1.82) is 0 Å². The number of benzene rings is 1. The third-order valence-electron chi connectivity index (χ3n) is 3.50. The molecule has 1 aromatic carbocycles. The van der Waals surface area contributed by atoms with Gasteiger partial charge in [-0.3, -0.25) is 0 Å². The molecule has 0 saturated heterocycles. The standard InChI is InChI=1S/C16H22N2S/c1-4-18(12-16-6-5-11-19-16)15-9-7-14(8-10-15)13(2)17-3/h5-11,13,17H,4,12H2,1-3H3. The molecule has 3 heteroatoms. The van der Waals surface area contributed by atoms with Gasteiger partial charge in [-0.1, -0.05) is 18.2 Å². The number of thiophene rings is 1. The summed E-state index contributed by atoms with van der Waals surface area (Å²) in [5.74, 6) is 0. The highest BCUT2D eigenvalue weighted by atomic mass is 32.1. The topological polar surface area (TPSA) is 15.3 Å². The lowest BCUT2D eigenvalue weighted by Crippen LogP contribution is -2.21. The molecule has 2 rings (SSSR count). The van der Waals surface area contributed by atoms with E-state index in [0.29, 0.717) is 6.04 Å². The van der Waals surface area contributed by atoms with E-state index < -0.39 is 0 Å². The van der Waals surface area contributed by atoms with Gasteiger partial charge in [0.2, 0.25) is 0 Å². The molecule has 1 heterocycles.